The largest absolute Gasteiger partial charge is 0.326 e. The van der Waals surface area contributed by atoms with E-state index in [1.807, 2.05) is 12.1 Å². The third kappa shape index (κ3) is 3.74. The van der Waals surface area contributed by atoms with Crippen LogP contribution in [0.3, 0.4) is 0 Å². The van der Waals surface area contributed by atoms with Crippen LogP contribution in [-0.4, -0.2) is 4.21 Å². The Labute approximate surface area is 135 Å². The van der Waals surface area contributed by atoms with Crippen molar-refractivity contribution in [3.8, 4) is 0 Å². The summed E-state index contributed by atoms with van der Waals surface area (Å²) in [4.78, 5) is 0.512. The van der Waals surface area contributed by atoms with Crippen LogP contribution in [-0.2, 0) is 23.1 Å². The quantitative estimate of drug-likeness (QED) is 0.889. The van der Waals surface area contributed by atoms with Crippen LogP contribution in [0.2, 0.25) is 15.1 Å². The monoisotopic (exact) mass is 347 g/mol. The Balaban J connectivity index is 2.25. The molecule has 0 fully saturated rings. The molecule has 2 nitrogen and oxygen atoms in total. The van der Waals surface area contributed by atoms with Crippen LogP contribution in [0, 0.1) is 0 Å². The number of hydrogen-bond donors (Lipinski definition) is 1. The van der Waals surface area contributed by atoms with Gasteiger partial charge in [0.05, 0.1) is 26.5 Å². The van der Waals surface area contributed by atoms with Gasteiger partial charge in [-0.1, -0.05) is 46.9 Å². The van der Waals surface area contributed by atoms with Gasteiger partial charge in [-0.2, -0.15) is 0 Å². The zero-order valence-corrected chi connectivity index (χ0v) is 13.5. The van der Waals surface area contributed by atoms with Crippen LogP contribution >= 0.6 is 34.8 Å². The number of nitrogens with two attached hydrogens (primary N) is 1. The maximum Gasteiger partial charge on any atom is 0.0592 e. The molecule has 0 heterocycles. The Morgan fingerprint density at radius 1 is 1.00 bits per heavy atom. The zero-order chi connectivity index (χ0) is 14.7. The smallest absolute Gasteiger partial charge is 0.0592 e. The van der Waals surface area contributed by atoms with Crippen LogP contribution < -0.4 is 5.73 Å². The van der Waals surface area contributed by atoms with Crippen molar-refractivity contribution in [2.45, 2.75) is 17.2 Å². The van der Waals surface area contributed by atoms with Gasteiger partial charge in [0, 0.05) is 16.6 Å². The molecule has 0 spiro atoms. The topological polar surface area (TPSA) is 43.1 Å². The molecule has 0 aliphatic carbocycles. The molecule has 0 amide bonds. The van der Waals surface area contributed by atoms with E-state index in [2.05, 4.69) is 0 Å². The first-order valence-electron chi connectivity index (χ1n) is 5.82. The molecule has 2 N–H and O–H groups in total. The highest BCUT2D eigenvalue weighted by Gasteiger charge is 2.12. The Bertz CT molecular complexity index is 661. The van der Waals surface area contributed by atoms with E-state index < -0.39 is 10.8 Å². The second-order valence-corrected chi connectivity index (χ2v) is 6.86. The van der Waals surface area contributed by atoms with Crippen molar-refractivity contribution in [1.82, 2.24) is 0 Å². The van der Waals surface area contributed by atoms with Crippen molar-refractivity contribution < 1.29 is 4.21 Å². The predicted molar refractivity (Wildman–Crippen MR) is 85.9 cm³/mol. The van der Waals surface area contributed by atoms with E-state index in [4.69, 9.17) is 40.5 Å². The number of hydrogen-bond acceptors (Lipinski definition) is 2. The molecule has 2 aromatic rings. The average molecular weight is 349 g/mol. The summed E-state index contributed by atoms with van der Waals surface area (Å²) < 4.78 is 12.4. The van der Waals surface area contributed by atoms with Gasteiger partial charge in [0.15, 0.2) is 0 Å². The fourth-order valence-electron chi connectivity index (χ4n) is 1.71. The molecule has 0 saturated carbocycles. The summed E-state index contributed by atoms with van der Waals surface area (Å²) in [7, 11) is -1.31. The fraction of sp³-hybridized carbons (Fsp3) is 0.143. The van der Waals surface area contributed by atoms with Crippen LogP contribution in [0.5, 0.6) is 0 Å². The molecule has 106 valence electrons. The van der Waals surface area contributed by atoms with Gasteiger partial charge in [-0.25, -0.2) is 0 Å². The summed E-state index contributed by atoms with van der Waals surface area (Å²) in [5.41, 5.74) is 7.27. The van der Waals surface area contributed by atoms with E-state index in [9.17, 15) is 4.21 Å². The first-order chi connectivity index (χ1) is 9.51. The van der Waals surface area contributed by atoms with E-state index in [0.717, 1.165) is 11.1 Å². The zero-order valence-electron chi connectivity index (χ0n) is 10.4. The van der Waals surface area contributed by atoms with Crippen molar-refractivity contribution in [2.75, 3.05) is 0 Å². The van der Waals surface area contributed by atoms with Gasteiger partial charge in [0.25, 0.3) is 0 Å². The Hall–Kier alpha value is -0.580. The summed E-state index contributed by atoms with van der Waals surface area (Å²) in [6.07, 6.45) is 0. The summed E-state index contributed by atoms with van der Waals surface area (Å²) in [6, 6.07) is 10.4. The summed E-state index contributed by atoms with van der Waals surface area (Å²) in [6.45, 7) is 0.420. The highest BCUT2D eigenvalue weighted by atomic mass is 35.5. The summed E-state index contributed by atoms with van der Waals surface area (Å²) >= 11 is 18.1. The molecule has 1 unspecified atom stereocenters. The molecular formula is C14H12Cl3NOS. The van der Waals surface area contributed by atoms with Gasteiger partial charge in [-0.05, 0) is 35.4 Å². The molecule has 0 aromatic heterocycles. The van der Waals surface area contributed by atoms with Crippen molar-refractivity contribution >= 4 is 45.6 Å². The van der Waals surface area contributed by atoms with Gasteiger partial charge in [0.2, 0.25) is 0 Å². The predicted octanol–water partition coefficient (Wildman–Crippen LogP) is 4.41. The lowest BCUT2D eigenvalue weighted by molar-refractivity contribution is 0.682. The minimum Gasteiger partial charge on any atom is -0.326 e. The Kier molecular flexibility index (Phi) is 5.47. The minimum absolute atomic E-state index is 0.281. The standard InChI is InChI=1S/C14H12Cl3NOS/c15-11-3-4-12(16)14(6-11)20(19)8-10-2-1-9(7-18)5-13(10)17/h1-6H,7-8,18H2. The molecule has 0 saturated heterocycles. The fourth-order valence-corrected chi connectivity index (χ4v) is 3.90. The second-order valence-electron chi connectivity index (χ2n) is 4.19. The lowest BCUT2D eigenvalue weighted by Crippen LogP contribution is -2.00. The van der Waals surface area contributed by atoms with Crippen LogP contribution in [0.15, 0.2) is 41.3 Å². The van der Waals surface area contributed by atoms with E-state index in [1.165, 1.54) is 0 Å². The molecular weight excluding hydrogens is 337 g/mol. The van der Waals surface area contributed by atoms with E-state index in [1.54, 1.807) is 24.3 Å². The molecule has 0 aliphatic heterocycles. The van der Waals surface area contributed by atoms with E-state index in [0.29, 0.717) is 26.5 Å². The summed E-state index contributed by atoms with van der Waals surface area (Å²) in [5, 5.41) is 1.49. The number of rotatable bonds is 4. The van der Waals surface area contributed by atoms with E-state index >= 15 is 0 Å². The van der Waals surface area contributed by atoms with Crippen molar-refractivity contribution in [3.63, 3.8) is 0 Å². The molecule has 0 bridgehead atoms. The molecule has 2 aromatic carbocycles. The first kappa shape index (κ1) is 15.8. The average Bonchev–Trinajstić information content (AvgIpc) is 2.43. The lowest BCUT2D eigenvalue weighted by atomic mass is 10.1. The molecule has 1 atom stereocenters. The molecule has 2 rings (SSSR count). The summed E-state index contributed by atoms with van der Waals surface area (Å²) in [5.74, 6) is 0.281. The second kappa shape index (κ2) is 6.92. The van der Waals surface area contributed by atoms with Crippen LogP contribution in [0.25, 0.3) is 0 Å². The Morgan fingerprint density at radius 3 is 2.40 bits per heavy atom. The third-order valence-electron chi connectivity index (χ3n) is 2.78. The molecule has 20 heavy (non-hydrogen) atoms. The normalized spacial score (nSPS) is 12.4. The number of benzene rings is 2. The van der Waals surface area contributed by atoms with E-state index in [-0.39, 0.29) is 5.75 Å². The molecule has 0 radical (unpaired) electrons. The maximum atomic E-state index is 12.4. The van der Waals surface area contributed by atoms with Crippen molar-refractivity contribution in [1.29, 1.82) is 0 Å². The lowest BCUT2D eigenvalue weighted by Gasteiger charge is -2.08. The van der Waals surface area contributed by atoms with Gasteiger partial charge in [0.1, 0.15) is 0 Å². The van der Waals surface area contributed by atoms with Gasteiger partial charge in [-0.15, -0.1) is 0 Å². The maximum absolute atomic E-state index is 12.4. The SMILES string of the molecule is NCc1ccc(CS(=O)c2cc(Cl)ccc2Cl)c(Cl)c1. The highest BCUT2D eigenvalue weighted by Crippen LogP contribution is 2.27. The third-order valence-corrected chi connectivity index (χ3v) is 5.21. The minimum atomic E-state index is -1.31. The van der Waals surface area contributed by atoms with Crippen LogP contribution in [0.4, 0.5) is 0 Å². The van der Waals surface area contributed by atoms with Gasteiger partial charge in [-0.3, -0.25) is 4.21 Å². The number of halogens is 3. The van der Waals surface area contributed by atoms with Crippen molar-refractivity contribution in [3.05, 3.63) is 62.6 Å². The molecule has 0 aliphatic rings. The van der Waals surface area contributed by atoms with Crippen LogP contribution in [0.1, 0.15) is 11.1 Å². The van der Waals surface area contributed by atoms with Crippen molar-refractivity contribution in [2.24, 2.45) is 5.73 Å². The highest BCUT2D eigenvalue weighted by molar-refractivity contribution is 7.84. The first-order valence-corrected chi connectivity index (χ1v) is 8.27. The van der Waals surface area contributed by atoms with Gasteiger partial charge >= 0.3 is 0 Å². The Morgan fingerprint density at radius 2 is 1.75 bits per heavy atom. The molecule has 6 heteroatoms. The van der Waals surface area contributed by atoms with Gasteiger partial charge < -0.3 is 5.73 Å².